The molecule has 1 saturated heterocycles. The lowest BCUT2D eigenvalue weighted by molar-refractivity contribution is -0.159. The third kappa shape index (κ3) is 23.3. The molecule has 0 unspecified atom stereocenters. The minimum absolute atomic E-state index is 0.0139. The topological polar surface area (TPSA) is 372 Å². The molecule has 3 aromatic carbocycles. The lowest BCUT2D eigenvalue weighted by Gasteiger charge is -2.34. The lowest BCUT2D eigenvalue weighted by atomic mass is 10.1. The minimum atomic E-state index is -4.64. The first-order valence-corrected chi connectivity index (χ1v) is 26.8. The molecule has 1 heterocycles. The highest BCUT2D eigenvalue weighted by molar-refractivity contribution is 7.89. The Kier molecular flexibility index (Phi) is 27.8. The van der Waals surface area contributed by atoms with E-state index in [2.05, 4.69) is 10.2 Å². The number of sulfonamides is 1. The third-order valence-electron chi connectivity index (χ3n) is 12.5. The van der Waals surface area contributed by atoms with E-state index in [1.165, 1.54) is 29.6 Å². The fourth-order valence-corrected chi connectivity index (χ4v) is 9.86. The quantitative estimate of drug-likeness (QED) is 0.0214. The van der Waals surface area contributed by atoms with Gasteiger partial charge in [-0.05, 0) is 53.8 Å². The van der Waals surface area contributed by atoms with Gasteiger partial charge in [-0.25, -0.2) is 18.7 Å². The van der Waals surface area contributed by atoms with Gasteiger partial charge in [0.15, 0.2) is 0 Å². The second-order valence-electron chi connectivity index (χ2n) is 18.3. The van der Waals surface area contributed by atoms with E-state index < -0.39 is 90.1 Å². The van der Waals surface area contributed by atoms with Crippen LogP contribution in [0.2, 0.25) is 0 Å². The highest BCUT2D eigenvalue weighted by atomic mass is 32.2. The number of ketones is 1. The van der Waals surface area contributed by atoms with Crippen molar-refractivity contribution in [1.29, 1.82) is 0 Å². The van der Waals surface area contributed by atoms with E-state index in [9.17, 15) is 77.5 Å². The average Bonchev–Trinajstić information content (AvgIpc) is 3.49. The Morgan fingerprint density at radius 3 is 1.70 bits per heavy atom. The maximum atomic E-state index is 14.3. The van der Waals surface area contributed by atoms with E-state index in [-0.39, 0.29) is 95.6 Å². The molecule has 1 aliphatic rings. The molecule has 2 atom stereocenters. The normalized spacial score (nSPS) is 13.9. The van der Waals surface area contributed by atoms with Crippen LogP contribution < -0.4 is 15.5 Å². The monoisotopic (exact) mass is 1150 g/mol. The second-order valence-corrected chi connectivity index (χ2v) is 20.1. The molecule has 0 spiro atoms. The van der Waals surface area contributed by atoms with Crippen molar-refractivity contribution in [2.24, 2.45) is 0 Å². The standard InChI is InChI=1S/C51H70N8O20S/c1-76-41-12-7-38(8-13-41)39-9-14-42(15-10-39)80(74,75)59(43(49(69)53-73)17-18-52-51(72)78-36-37-5-3-2-4-6-37)79-30-29-77-28-27-54-19-21-55(22-20-54)31-40(60)11-16-44(50(70)71)58(25-23-56(32-45(61)62)33-46(63)64)26-24-57(34-47(65)66)35-48(67)68/h2-10,12-15,43-44,73H,11,16-36H2,1H3,(H,52,72)(H,53,69)(H,61,62)(H,63,64)(H,65,66)(H,67,68)(H,70,71)/t43-,44+/m1/s1. The van der Waals surface area contributed by atoms with Gasteiger partial charge >= 0.3 is 35.9 Å². The maximum Gasteiger partial charge on any atom is 0.407 e. The predicted molar refractivity (Wildman–Crippen MR) is 281 cm³/mol. The van der Waals surface area contributed by atoms with Gasteiger partial charge in [0.25, 0.3) is 15.9 Å². The molecule has 8 N–H and O–H groups in total. The number of benzene rings is 3. The van der Waals surface area contributed by atoms with Crippen LogP contribution in [0.25, 0.3) is 11.1 Å². The van der Waals surface area contributed by atoms with E-state index in [1.54, 1.807) is 66.7 Å². The number of aliphatic carboxylic acids is 5. The number of amides is 2. The number of hydrogen-bond acceptors (Lipinski definition) is 20. The molecular weight excluding hydrogens is 1080 g/mol. The Morgan fingerprint density at radius 1 is 0.650 bits per heavy atom. The number of hydroxylamine groups is 2. The van der Waals surface area contributed by atoms with Crippen molar-refractivity contribution in [2.45, 2.75) is 42.8 Å². The van der Waals surface area contributed by atoms with Crippen LogP contribution in [0.3, 0.4) is 0 Å². The van der Waals surface area contributed by atoms with Gasteiger partial charge in [0.05, 0.1) is 64.5 Å². The third-order valence-corrected chi connectivity index (χ3v) is 14.2. The molecule has 0 saturated carbocycles. The smallest absolute Gasteiger partial charge is 0.407 e. The number of hydrogen-bond donors (Lipinski definition) is 8. The number of ether oxygens (including phenoxy) is 3. The Bertz CT molecular complexity index is 2520. The number of rotatable bonds is 39. The second kappa shape index (κ2) is 34.1. The van der Waals surface area contributed by atoms with E-state index in [1.807, 2.05) is 4.90 Å². The van der Waals surface area contributed by atoms with Crippen LogP contribution in [0.5, 0.6) is 5.75 Å². The van der Waals surface area contributed by atoms with Crippen molar-refractivity contribution in [3.8, 4) is 16.9 Å². The van der Waals surface area contributed by atoms with Crippen molar-refractivity contribution in [2.75, 3.05) is 125 Å². The summed E-state index contributed by atoms with van der Waals surface area (Å²) in [7, 11) is -3.11. The Labute approximate surface area is 461 Å². The molecule has 4 rings (SSSR count). The number of carboxylic acids is 5. The largest absolute Gasteiger partial charge is 0.497 e. The van der Waals surface area contributed by atoms with E-state index >= 15 is 0 Å². The fourth-order valence-electron chi connectivity index (χ4n) is 8.42. The van der Waals surface area contributed by atoms with Crippen LogP contribution >= 0.6 is 0 Å². The molecule has 0 radical (unpaired) electrons. The van der Waals surface area contributed by atoms with E-state index in [4.69, 9.17) is 19.0 Å². The summed E-state index contributed by atoms with van der Waals surface area (Å²) in [6, 6.07) is 18.7. The van der Waals surface area contributed by atoms with Crippen LogP contribution in [-0.2, 0) is 64.5 Å². The molecule has 0 aromatic heterocycles. The van der Waals surface area contributed by atoms with Crippen LogP contribution in [-0.4, -0.2) is 253 Å². The zero-order valence-electron chi connectivity index (χ0n) is 44.2. The van der Waals surface area contributed by atoms with Crippen molar-refractivity contribution in [3.63, 3.8) is 0 Å². The average molecular weight is 1150 g/mol. The molecule has 1 aliphatic heterocycles. The first kappa shape index (κ1) is 65.3. The maximum absolute atomic E-state index is 14.3. The molecular formula is C51H70N8O20S. The van der Waals surface area contributed by atoms with Crippen LogP contribution in [0.1, 0.15) is 24.8 Å². The molecule has 1 fully saturated rings. The number of carboxylic acid groups (broad SMARTS) is 5. The number of nitrogens with zero attached hydrogens (tertiary/aromatic N) is 6. The lowest BCUT2D eigenvalue weighted by Crippen LogP contribution is -2.50. The Hall–Kier alpha value is -7.19. The van der Waals surface area contributed by atoms with Crippen LogP contribution in [0.4, 0.5) is 4.79 Å². The molecule has 2 amide bonds. The number of carbonyl (C=O) groups is 8. The van der Waals surface area contributed by atoms with Gasteiger partial charge in [-0.15, -0.1) is 0 Å². The molecule has 29 heteroatoms. The number of alkyl carbamates (subject to hydrolysis) is 1. The first-order valence-electron chi connectivity index (χ1n) is 25.3. The van der Waals surface area contributed by atoms with Crippen LogP contribution in [0.15, 0.2) is 83.8 Å². The Balaban J connectivity index is 1.32. The van der Waals surface area contributed by atoms with E-state index in [0.717, 1.165) is 20.9 Å². The summed E-state index contributed by atoms with van der Waals surface area (Å²) in [4.78, 5) is 110. The Morgan fingerprint density at radius 2 is 1.19 bits per heavy atom. The van der Waals surface area contributed by atoms with Gasteiger partial charge in [-0.1, -0.05) is 59.1 Å². The zero-order valence-corrected chi connectivity index (χ0v) is 45.0. The molecule has 28 nitrogen and oxygen atoms in total. The predicted octanol–water partition coefficient (Wildman–Crippen LogP) is 0.156. The van der Waals surface area contributed by atoms with Gasteiger partial charge < -0.3 is 45.1 Å². The summed E-state index contributed by atoms with van der Waals surface area (Å²) in [6.45, 7) is -1.91. The van der Waals surface area contributed by atoms with Crippen molar-refractivity contribution in [3.05, 3.63) is 84.4 Å². The first-order chi connectivity index (χ1) is 38.2. The van der Waals surface area contributed by atoms with Gasteiger partial charge in [0, 0.05) is 71.9 Å². The highest BCUT2D eigenvalue weighted by Crippen LogP contribution is 2.27. The number of methoxy groups -OCH3 is 1. The van der Waals surface area contributed by atoms with Gasteiger partial charge in [0.2, 0.25) is 0 Å². The van der Waals surface area contributed by atoms with Gasteiger partial charge in [-0.3, -0.25) is 68.1 Å². The molecule has 3 aromatic rings. The highest BCUT2D eigenvalue weighted by Gasteiger charge is 2.38. The summed E-state index contributed by atoms with van der Waals surface area (Å²) < 4.78 is 45.2. The molecule has 80 heavy (non-hydrogen) atoms. The van der Waals surface area contributed by atoms with Gasteiger partial charge in [0.1, 0.15) is 30.2 Å². The molecule has 440 valence electrons. The summed E-state index contributed by atoms with van der Waals surface area (Å²) in [6.07, 6.45) is -1.62. The number of Topliss-reactive ketones (excluding diaryl/α,β-unsaturated/α-hetero) is 1. The van der Waals surface area contributed by atoms with Crippen molar-refractivity contribution in [1.82, 2.24) is 39.8 Å². The summed E-state index contributed by atoms with van der Waals surface area (Å²) >= 11 is 0. The van der Waals surface area contributed by atoms with Crippen molar-refractivity contribution < 1.29 is 96.6 Å². The summed E-state index contributed by atoms with van der Waals surface area (Å²) in [5, 5.41) is 59.7. The zero-order chi connectivity index (χ0) is 58.6. The fraction of sp³-hybridized carbons (Fsp3) is 0.490. The number of piperazine rings is 1. The summed E-state index contributed by atoms with van der Waals surface area (Å²) in [5.41, 5.74) is 3.65. The molecule has 0 aliphatic carbocycles. The van der Waals surface area contributed by atoms with Gasteiger partial charge in [-0.2, -0.15) is 0 Å². The summed E-state index contributed by atoms with van der Waals surface area (Å²) in [5.74, 6) is -7.50. The number of carbonyl (C=O) groups excluding carboxylic acids is 3. The van der Waals surface area contributed by atoms with E-state index in [0.29, 0.717) is 48.5 Å². The number of nitrogens with one attached hydrogen (secondary N) is 2. The SMILES string of the molecule is COc1ccc(-c2ccc(S(=O)(=O)N(OCCOCCN3CCN(CC(=O)CC[C@@H](C(=O)O)N(CCN(CC(=O)O)CC(=O)O)CCN(CC(=O)O)CC(=O)O)CC3)[C@H](CCNC(=O)OCc3ccccc3)C(=O)NO)cc2)cc1. The van der Waals surface area contributed by atoms with Crippen molar-refractivity contribution >= 4 is 57.7 Å². The molecule has 0 bridgehead atoms. The van der Waals surface area contributed by atoms with Crippen LogP contribution in [0, 0.1) is 0 Å². The minimum Gasteiger partial charge on any atom is -0.497 e.